The first-order valence-corrected chi connectivity index (χ1v) is 12.5. The molecule has 2 aromatic rings. The van der Waals surface area contributed by atoms with Crippen molar-refractivity contribution in [2.45, 2.75) is 19.0 Å². The summed E-state index contributed by atoms with van der Waals surface area (Å²) in [6.07, 6.45) is -4.66. The molecule has 0 radical (unpaired) electrons. The molecular formula is C21H25ClF3N3O8S. The number of aromatic nitrogens is 1. The van der Waals surface area contributed by atoms with Gasteiger partial charge >= 0.3 is 22.6 Å². The fourth-order valence-corrected chi connectivity index (χ4v) is 3.59. The van der Waals surface area contributed by atoms with Gasteiger partial charge in [0.15, 0.2) is 0 Å². The van der Waals surface area contributed by atoms with Crippen LogP contribution in [0.2, 0.25) is 5.02 Å². The highest BCUT2D eigenvalue weighted by molar-refractivity contribution is 7.85. The summed E-state index contributed by atoms with van der Waals surface area (Å²) < 4.78 is 84.0. The predicted octanol–water partition coefficient (Wildman–Crippen LogP) is 3.06. The highest BCUT2D eigenvalue weighted by atomic mass is 35.5. The van der Waals surface area contributed by atoms with Gasteiger partial charge in [-0.1, -0.05) is 17.7 Å². The van der Waals surface area contributed by atoms with Crippen LogP contribution in [0.5, 0.6) is 17.4 Å². The minimum Gasteiger partial charge on any atom is -0.491 e. The average Bonchev–Trinajstić information content (AvgIpc) is 2.82. The second-order valence-electron chi connectivity index (χ2n) is 7.19. The minimum atomic E-state index is -4.63. The molecular weight excluding hydrogens is 547 g/mol. The Labute approximate surface area is 216 Å². The predicted molar refractivity (Wildman–Crippen MR) is 125 cm³/mol. The van der Waals surface area contributed by atoms with Gasteiger partial charge in [0.2, 0.25) is 5.88 Å². The normalized spacial score (nSPS) is 11.7. The third kappa shape index (κ3) is 10.6. The zero-order valence-corrected chi connectivity index (χ0v) is 21.1. The molecule has 206 valence electrons. The fourth-order valence-electron chi connectivity index (χ4n) is 2.73. The van der Waals surface area contributed by atoms with E-state index in [0.717, 1.165) is 0 Å². The number of aryl methyl sites for hydroxylation is 1. The number of alkyl halides is 3. The fraction of sp³-hybridized carbons (Fsp3) is 0.429. The molecule has 1 heterocycles. The molecule has 1 amide bonds. The molecule has 3 N–H and O–H groups in total. The van der Waals surface area contributed by atoms with Gasteiger partial charge in [-0.25, -0.2) is 9.78 Å². The molecule has 0 fully saturated rings. The number of benzene rings is 1. The van der Waals surface area contributed by atoms with Crippen molar-refractivity contribution in [2.24, 2.45) is 0 Å². The minimum absolute atomic E-state index is 0.0131. The summed E-state index contributed by atoms with van der Waals surface area (Å²) in [6, 6.07) is 5.49. The Morgan fingerprint density at radius 1 is 1.19 bits per heavy atom. The Balaban J connectivity index is 2.09. The van der Waals surface area contributed by atoms with Crippen molar-refractivity contribution < 1.29 is 49.9 Å². The van der Waals surface area contributed by atoms with Crippen molar-refractivity contribution in [1.82, 2.24) is 15.0 Å². The molecule has 0 saturated carbocycles. The van der Waals surface area contributed by atoms with E-state index in [-0.39, 0.29) is 36.3 Å². The van der Waals surface area contributed by atoms with Crippen molar-refractivity contribution in [3.63, 3.8) is 0 Å². The smallest absolute Gasteiger partial charge is 0.423 e. The number of methoxy groups -OCH3 is 1. The van der Waals surface area contributed by atoms with E-state index in [1.807, 2.05) is 4.72 Å². The van der Waals surface area contributed by atoms with E-state index >= 15 is 0 Å². The summed E-state index contributed by atoms with van der Waals surface area (Å²) in [4.78, 5) is 15.4. The Hall–Kier alpha value is -2.85. The first-order valence-electron chi connectivity index (χ1n) is 10.7. The van der Waals surface area contributed by atoms with Crippen LogP contribution in [0.25, 0.3) is 0 Å². The molecule has 2 rings (SSSR count). The van der Waals surface area contributed by atoms with Gasteiger partial charge in [-0.05, 0) is 30.5 Å². The zero-order valence-electron chi connectivity index (χ0n) is 19.5. The van der Waals surface area contributed by atoms with Gasteiger partial charge in [0.05, 0.1) is 18.8 Å². The topological polar surface area (TPSA) is 145 Å². The van der Waals surface area contributed by atoms with Crippen LogP contribution in [0.4, 0.5) is 18.0 Å². The van der Waals surface area contributed by atoms with Crippen LogP contribution >= 0.6 is 11.6 Å². The van der Waals surface area contributed by atoms with Crippen LogP contribution in [0.3, 0.4) is 0 Å². The van der Waals surface area contributed by atoms with Gasteiger partial charge in [0, 0.05) is 32.5 Å². The number of halogens is 4. The summed E-state index contributed by atoms with van der Waals surface area (Å²) in [7, 11) is -2.86. The summed E-state index contributed by atoms with van der Waals surface area (Å²) in [5, 5.41) is 10.5. The molecule has 0 unspecified atom stereocenters. The highest BCUT2D eigenvalue weighted by Crippen LogP contribution is 2.36. The molecule has 1 aromatic heterocycles. The Morgan fingerprint density at radius 3 is 2.59 bits per heavy atom. The molecule has 0 aliphatic heterocycles. The zero-order chi connectivity index (χ0) is 27.5. The number of hydrogen-bond acceptors (Lipinski definition) is 9. The number of ether oxygens (including phenoxy) is 3. The molecule has 0 aliphatic carbocycles. The van der Waals surface area contributed by atoms with E-state index < -0.39 is 34.7 Å². The van der Waals surface area contributed by atoms with Gasteiger partial charge in [-0.15, -0.1) is 0 Å². The van der Waals surface area contributed by atoms with Crippen LogP contribution in [0.1, 0.15) is 17.5 Å². The molecule has 0 bridgehead atoms. The van der Waals surface area contributed by atoms with Crippen LogP contribution in [-0.4, -0.2) is 64.6 Å². The second kappa shape index (κ2) is 14.2. The van der Waals surface area contributed by atoms with Crippen molar-refractivity contribution in [3.05, 3.63) is 46.6 Å². The van der Waals surface area contributed by atoms with E-state index in [4.69, 9.17) is 30.9 Å². The molecule has 11 nitrogen and oxygen atoms in total. The first-order chi connectivity index (χ1) is 17.4. The number of hydrogen-bond donors (Lipinski definition) is 3. The number of rotatable bonds is 14. The number of carbonyl (C=O) groups is 1. The van der Waals surface area contributed by atoms with E-state index in [2.05, 4.69) is 14.5 Å². The largest absolute Gasteiger partial charge is 0.491 e. The van der Waals surface area contributed by atoms with Crippen LogP contribution in [0.15, 0.2) is 30.5 Å². The number of amides is 1. The molecule has 37 heavy (non-hydrogen) atoms. The Morgan fingerprint density at radius 2 is 1.95 bits per heavy atom. The lowest BCUT2D eigenvalue weighted by Gasteiger charge is -2.15. The van der Waals surface area contributed by atoms with Crippen LogP contribution < -0.4 is 19.5 Å². The Kier molecular flexibility index (Phi) is 11.6. The number of aliphatic hydroxyl groups is 1. The number of nitrogens with zero attached hydrogens (tertiary/aromatic N) is 1. The van der Waals surface area contributed by atoms with E-state index in [0.29, 0.717) is 43.0 Å². The SMILES string of the molecule is COCCOc1ccc(CCCNC(=O)OS(=O)(=O)NCCO)c(Oc2ncc(C(F)(F)F)cc2Cl)c1. The maximum atomic E-state index is 12.9. The van der Waals surface area contributed by atoms with Gasteiger partial charge in [-0.2, -0.15) is 26.3 Å². The molecule has 0 aliphatic rings. The second-order valence-corrected chi connectivity index (χ2v) is 8.97. The number of aliphatic hydroxyl groups excluding tert-OH is 1. The van der Waals surface area contributed by atoms with Crippen molar-refractivity contribution in [2.75, 3.05) is 40.0 Å². The third-order valence-electron chi connectivity index (χ3n) is 4.40. The summed E-state index contributed by atoms with van der Waals surface area (Å²) in [6.45, 7) is -0.230. The van der Waals surface area contributed by atoms with Gasteiger partial charge < -0.3 is 28.8 Å². The first kappa shape index (κ1) is 30.4. The van der Waals surface area contributed by atoms with Crippen LogP contribution in [0, 0.1) is 0 Å². The Bertz CT molecular complexity index is 1150. The summed E-state index contributed by atoms with van der Waals surface area (Å²) in [5.41, 5.74) is -0.461. The van der Waals surface area contributed by atoms with Gasteiger partial charge in [0.1, 0.15) is 23.1 Å². The van der Waals surface area contributed by atoms with Gasteiger partial charge in [-0.3, -0.25) is 0 Å². The summed E-state index contributed by atoms with van der Waals surface area (Å²) in [5.74, 6) is 0.329. The van der Waals surface area contributed by atoms with Crippen molar-refractivity contribution in [3.8, 4) is 17.4 Å². The number of nitrogens with one attached hydrogen (secondary N) is 2. The highest BCUT2D eigenvalue weighted by Gasteiger charge is 2.32. The summed E-state index contributed by atoms with van der Waals surface area (Å²) >= 11 is 5.96. The molecule has 0 spiro atoms. The quantitative estimate of drug-likeness (QED) is 0.291. The number of carbonyl (C=O) groups excluding carboxylic acids is 1. The maximum Gasteiger partial charge on any atom is 0.423 e. The van der Waals surface area contributed by atoms with Crippen LogP contribution in [-0.2, 0) is 31.8 Å². The van der Waals surface area contributed by atoms with Crippen molar-refractivity contribution in [1.29, 1.82) is 0 Å². The lowest BCUT2D eigenvalue weighted by molar-refractivity contribution is -0.137. The monoisotopic (exact) mass is 571 g/mol. The maximum absolute atomic E-state index is 12.9. The average molecular weight is 572 g/mol. The molecule has 16 heteroatoms. The lowest BCUT2D eigenvalue weighted by atomic mass is 10.1. The van der Waals surface area contributed by atoms with E-state index in [1.54, 1.807) is 12.1 Å². The van der Waals surface area contributed by atoms with Gasteiger partial charge in [0.25, 0.3) is 0 Å². The third-order valence-corrected chi connectivity index (χ3v) is 5.60. The number of pyridine rings is 1. The van der Waals surface area contributed by atoms with E-state index in [9.17, 15) is 26.4 Å². The lowest BCUT2D eigenvalue weighted by Crippen LogP contribution is -2.35. The molecule has 1 aromatic carbocycles. The van der Waals surface area contributed by atoms with E-state index in [1.165, 1.54) is 13.2 Å². The standard InChI is InChI=1S/C21H25ClF3N3O8S/c1-33-9-10-34-16-5-4-14(3-2-6-26-20(30)36-37(31,32)28-7-8-29)18(12-16)35-19-17(22)11-15(13-27-19)21(23,24)25/h4-5,11-13,28-29H,2-3,6-10H2,1H3,(H,26,30). The molecule has 0 atom stereocenters. The molecule has 0 saturated heterocycles. The van der Waals surface area contributed by atoms with Crippen molar-refractivity contribution >= 4 is 28.0 Å².